The molecule has 754 valence electrons. The van der Waals surface area contributed by atoms with Gasteiger partial charge in [-0.05, 0) is 240 Å². The third-order valence-electron chi connectivity index (χ3n) is 23.2. The zero-order valence-corrected chi connectivity index (χ0v) is 80.9. The minimum absolute atomic E-state index is 0.00227. The van der Waals surface area contributed by atoms with E-state index < -0.39 is 203 Å². The lowest BCUT2D eigenvalue weighted by Gasteiger charge is -2.30. The fourth-order valence-electron chi connectivity index (χ4n) is 15.3. The number of hydrogen-bond donors (Lipinski definition) is 24. The number of H-pyrrole nitrogens is 1. The van der Waals surface area contributed by atoms with E-state index in [1.54, 1.807) is 78.1 Å². The van der Waals surface area contributed by atoms with Crippen LogP contribution in [0.3, 0.4) is 0 Å². The molecule has 2 aromatic carbocycles. The van der Waals surface area contributed by atoms with Gasteiger partial charge in [0.15, 0.2) is 0 Å². The molecule has 3 rings (SSSR count). The molecule has 0 spiro atoms. The first-order valence-electron chi connectivity index (χ1n) is 48.1. The molecule has 0 saturated carbocycles. The van der Waals surface area contributed by atoms with Crippen LogP contribution in [-0.4, -0.2) is 236 Å². The Morgan fingerprint density at radius 1 is 0.313 bits per heavy atom. The predicted octanol–water partition coefficient (Wildman–Crippen LogP) is -0.285. The summed E-state index contributed by atoms with van der Waals surface area (Å²) in [7, 11) is 0. The Labute approximate surface area is 790 Å². The normalized spacial score (nSPS) is 14.8. The molecule has 16 amide bonds. The molecular weight excluding hydrogens is 1720 g/mol. The fraction of sp³-hybridized carbons (Fsp3) is 0.681. The summed E-state index contributed by atoms with van der Waals surface area (Å²) in [5.41, 5.74) is 48.9. The number of carbonyl (C=O) groups is 16. The molecule has 1 aromatic heterocycles. The SMILES string of the molecule is CC[C@H](C)[C@H](NC(=O)[C@H](CCCCN)NC(=O)[C@H](CCCCN)NC(=O)[C@H](Cc1ccccc1)NC(=O)[C@H](CCCCN)NC(=O)[C@H](CCCCN)NC(=O)[C@H](Cc1c[nH]c2ccccc12)NC(=O)[C@H](CCCCN)NC(C)=O)C(=O)NCC(=O)N[C@@H](CCCCN)C(=O)N[C@H](C(=O)N[C@@H](CC(C)C)C(=O)N[C@@H](CCCCN)C(=O)N[C@H](C(=O)N[C@@H](CC(C)C)C(N)=O)C(C)C)C(C)C. The van der Waals surface area contributed by atoms with Crippen molar-refractivity contribution in [2.24, 2.45) is 75.5 Å². The summed E-state index contributed by atoms with van der Waals surface area (Å²) in [6.45, 7) is 19.9. The van der Waals surface area contributed by atoms with Gasteiger partial charge in [-0.3, -0.25) is 76.7 Å². The smallest absolute Gasteiger partial charge is 0.243 e. The Morgan fingerprint density at radius 3 is 0.963 bits per heavy atom. The minimum atomic E-state index is -1.43. The van der Waals surface area contributed by atoms with E-state index in [1.807, 2.05) is 52.0 Å². The molecule has 0 bridgehead atoms. The third-order valence-corrected chi connectivity index (χ3v) is 23.2. The van der Waals surface area contributed by atoms with Gasteiger partial charge in [-0.15, -0.1) is 0 Å². The molecule has 0 unspecified atom stereocenters. The molecule has 134 heavy (non-hydrogen) atoms. The van der Waals surface area contributed by atoms with Gasteiger partial charge in [-0.2, -0.15) is 0 Å². The average Bonchev–Trinajstić information content (AvgIpc) is 1.59. The van der Waals surface area contributed by atoms with Crippen LogP contribution < -0.4 is 126 Å². The Hall–Kier alpha value is -10.8. The number of nitrogens with one attached hydrogen (secondary N) is 16. The standard InChI is InChI=1S/C94H162N24O16/c1-12-60(10)80(92(132)104-55-77(120)106-67(37-19-26-44-96)86(126)116-79(59(8)9)94(134)115-74(51-57(4)5)89(129)111-71(41-23-30-48-100)87(127)117-78(58(6)7)93(133)112-73(81(102)121)50-56(2)3)118-88(128)72(42-24-31-49-101)108-84(124)68(38-20-27-45-97)109-90(130)75(52-62-32-14-13-15-33-62)113-85(125)70(40-22-29-47-99)107-83(123)69(39-21-28-46-98)110-91(131)76(53-63-54-103-65-35-17-16-34-64(63)65)114-82(122)66(105-61(11)119)36-18-25-43-95/h13-17,32-35,54,56-60,66-76,78-80,103H,12,18-31,36-53,55,95-101H2,1-11H3,(H2,102,121)(H,104,132)(H,105,119)(H,106,120)(H,107,123)(H,108,124)(H,109,130)(H,110,131)(H,111,129)(H,112,133)(H,113,125)(H,114,122)(H,115,134)(H,116,126)(H,117,127)(H,118,128)/t60-,66-,67-,68-,69-,70-,71-,72-,73-,74-,75-,76-,78-,79-,80-/m0/s1. The number of rotatable bonds is 70. The van der Waals surface area contributed by atoms with Gasteiger partial charge in [0, 0.05) is 36.9 Å². The number of hydrogen-bond acceptors (Lipinski definition) is 23. The molecule has 40 nitrogen and oxygen atoms in total. The van der Waals surface area contributed by atoms with Crippen LogP contribution in [0.1, 0.15) is 241 Å². The van der Waals surface area contributed by atoms with Crippen LogP contribution in [0, 0.1) is 29.6 Å². The van der Waals surface area contributed by atoms with Gasteiger partial charge >= 0.3 is 0 Å². The van der Waals surface area contributed by atoms with Crippen LogP contribution in [0.15, 0.2) is 60.8 Å². The van der Waals surface area contributed by atoms with Gasteiger partial charge in [0.25, 0.3) is 0 Å². The lowest BCUT2D eigenvalue weighted by atomic mass is 9.97. The number of unbranched alkanes of at least 4 members (excludes halogenated alkanes) is 7. The minimum Gasteiger partial charge on any atom is -0.368 e. The highest BCUT2D eigenvalue weighted by Gasteiger charge is 2.40. The summed E-state index contributed by atoms with van der Waals surface area (Å²) >= 11 is 0. The van der Waals surface area contributed by atoms with Crippen molar-refractivity contribution in [3.8, 4) is 0 Å². The number of aromatic nitrogens is 1. The highest BCUT2D eigenvalue weighted by molar-refractivity contribution is 6.01. The van der Waals surface area contributed by atoms with E-state index in [4.69, 9.17) is 45.9 Å². The summed E-state index contributed by atoms with van der Waals surface area (Å²) < 4.78 is 0. The van der Waals surface area contributed by atoms with E-state index in [1.165, 1.54) is 6.92 Å². The van der Waals surface area contributed by atoms with Gasteiger partial charge in [0.1, 0.15) is 84.6 Å². The van der Waals surface area contributed by atoms with Crippen LogP contribution in [0.2, 0.25) is 0 Å². The number of aromatic amines is 1. The maximum Gasteiger partial charge on any atom is 0.243 e. The zero-order valence-electron chi connectivity index (χ0n) is 80.9. The van der Waals surface area contributed by atoms with Crippen molar-refractivity contribution in [3.05, 3.63) is 71.9 Å². The number of primary amides is 1. The number of para-hydroxylation sites is 1. The molecule has 3 aromatic rings. The lowest BCUT2D eigenvalue weighted by Crippen LogP contribution is -2.61. The predicted molar refractivity (Wildman–Crippen MR) is 515 cm³/mol. The van der Waals surface area contributed by atoms with Gasteiger partial charge in [-0.25, -0.2) is 0 Å². The van der Waals surface area contributed by atoms with Crippen molar-refractivity contribution in [3.63, 3.8) is 0 Å². The summed E-state index contributed by atoms with van der Waals surface area (Å²) in [5, 5.41) is 42.3. The van der Waals surface area contributed by atoms with Crippen molar-refractivity contribution < 1.29 is 76.7 Å². The second-order valence-electron chi connectivity index (χ2n) is 36.4. The van der Waals surface area contributed by atoms with E-state index in [0.717, 1.165) is 10.9 Å². The molecule has 0 radical (unpaired) electrons. The molecule has 40 heteroatoms. The van der Waals surface area contributed by atoms with E-state index in [2.05, 4.69) is 84.7 Å². The highest BCUT2D eigenvalue weighted by Crippen LogP contribution is 2.22. The van der Waals surface area contributed by atoms with E-state index >= 15 is 9.59 Å². The Balaban J connectivity index is 1.96. The van der Waals surface area contributed by atoms with Crippen molar-refractivity contribution in [2.75, 3.05) is 52.4 Å². The Morgan fingerprint density at radius 2 is 0.612 bits per heavy atom. The summed E-state index contributed by atoms with van der Waals surface area (Å²) in [5.74, 6) is -13.8. The van der Waals surface area contributed by atoms with Crippen LogP contribution in [0.25, 0.3) is 10.9 Å². The van der Waals surface area contributed by atoms with Gasteiger partial charge in [0.2, 0.25) is 94.5 Å². The topological polar surface area (TPSA) is 678 Å². The maximum atomic E-state index is 15.1. The second-order valence-corrected chi connectivity index (χ2v) is 36.4. The molecule has 0 aliphatic carbocycles. The summed E-state index contributed by atoms with van der Waals surface area (Å²) in [6, 6.07) is -1.64. The molecular formula is C94H162N24O16. The first-order chi connectivity index (χ1) is 63.8. The Kier molecular flexibility index (Phi) is 56.9. The van der Waals surface area contributed by atoms with Crippen LogP contribution >= 0.6 is 0 Å². The summed E-state index contributed by atoms with van der Waals surface area (Å²) in [6.07, 6.45) is 8.21. The lowest BCUT2D eigenvalue weighted by molar-refractivity contribution is -0.136. The quantitative estimate of drug-likeness (QED) is 0.0323. The van der Waals surface area contributed by atoms with Crippen molar-refractivity contribution in [1.82, 2.24) is 84.7 Å². The van der Waals surface area contributed by atoms with Gasteiger partial charge < -0.3 is 131 Å². The van der Waals surface area contributed by atoms with Gasteiger partial charge in [-0.1, -0.05) is 124 Å². The first-order valence-corrected chi connectivity index (χ1v) is 48.1. The first kappa shape index (κ1) is 117. The molecule has 15 atom stereocenters. The number of carbonyl (C=O) groups excluding carboxylic acids is 16. The number of amides is 16. The summed E-state index contributed by atoms with van der Waals surface area (Å²) in [4.78, 5) is 232. The molecule has 32 N–H and O–H groups in total. The van der Waals surface area contributed by atoms with E-state index in [-0.39, 0.29) is 122 Å². The van der Waals surface area contributed by atoms with E-state index in [9.17, 15) is 67.1 Å². The molecule has 0 aliphatic rings. The largest absolute Gasteiger partial charge is 0.368 e. The van der Waals surface area contributed by atoms with E-state index in [0.29, 0.717) is 114 Å². The number of nitrogens with two attached hydrogens (primary N) is 8. The van der Waals surface area contributed by atoms with Crippen molar-refractivity contribution in [2.45, 2.75) is 328 Å². The Bertz CT molecular complexity index is 4140. The average molecular weight is 1880 g/mol. The molecule has 1 heterocycles. The van der Waals surface area contributed by atoms with Gasteiger partial charge in [0.05, 0.1) is 6.54 Å². The maximum absolute atomic E-state index is 15.1. The second kappa shape index (κ2) is 65.0. The highest BCUT2D eigenvalue weighted by atomic mass is 16.2. The number of benzene rings is 2. The van der Waals surface area contributed by atoms with Crippen LogP contribution in [-0.2, 0) is 89.6 Å². The van der Waals surface area contributed by atoms with Crippen molar-refractivity contribution >= 4 is 105 Å². The third kappa shape index (κ3) is 44.1. The number of fused-ring (bicyclic) bond motifs is 1. The fourth-order valence-corrected chi connectivity index (χ4v) is 15.3. The van der Waals surface area contributed by atoms with Crippen LogP contribution in [0.4, 0.5) is 0 Å². The molecule has 0 fully saturated rings. The van der Waals surface area contributed by atoms with Crippen LogP contribution in [0.5, 0.6) is 0 Å². The molecule has 0 aliphatic heterocycles. The zero-order chi connectivity index (χ0) is 99.9. The van der Waals surface area contributed by atoms with Crippen molar-refractivity contribution in [1.29, 1.82) is 0 Å². The molecule has 0 saturated heterocycles. The monoisotopic (exact) mass is 1880 g/mol.